The fourth-order valence-electron chi connectivity index (χ4n) is 4.95. The van der Waals surface area contributed by atoms with E-state index in [-0.39, 0.29) is 11.0 Å². The predicted octanol–water partition coefficient (Wildman–Crippen LogP) is 7.24. The van der Waals surface area contributed by atoms with Gasteiger partial charge in [-0.25, -0.2) is 0 Å². The van der Waals surface area contributed by atoms with Crippen LogP contribution in [0.15, 0.2) is 95.9 Å². The molecule has 1 amide bonds. The van der Waals surface area contributed by atoms with Crippen LogP contribution in [-0.2, 0) is 6.61 Å². The Bertz CT molecular complexity index is 1750. The molecule has 0 bridgehead atoms. The zero-order valence-electron chi connectivity index (χ0n) is 24.3. The number of amides is 1. The molecule has 0 spiro atoms. The molecule has 0 saturated heterocycles. The second-order valence-corrected chi connectivity index (χ2v) is 10.1. The predicted molar refractivity (Wildman–Crippen MR) is 167 cm³/mol. The van der Waals surface area contributed by atoms with Gasteiger partial charge in [-0.15, -0.1) is 0 Å². The van der Waals surface area contributed by atoms with Crippen LogP contribution in [0.3, 0.4) is 0 Å². The molecule has 0 radical (unpaired) electrons. The minimum atomic E-state index is -0.490. The molecule has 0 saturated carbocycles. The van der Waals surface area contributed by atoms with Gasteiger partial charge in [0.15, 0.2) is 0 Å². The van der Waals surface area contributed by atoms with Crippen LogP contribution < -0.4 is 25.0 Å². The van der Waals surface area contributed by atoms with Crippen molar-refractivity contribution in [1.29, 1.82) is 0 Å². The minimum Gasteiger partial charge on any atom is -0.494 e. The third-order valence-electron chi connectivity index (χ3n) is 6.71. The van der Waals surface area contributed by atoms with Crippen molar-refractivity contribution in [1.82, 2.24) is 4.57 Å². The van der Waals surface area contributed by atoms with Crippen LogP contribution in [0.25, 0.3) is 16.6 Å². The number of pyridine rings is 1. The average molecular weight is 563 g/mol. The van der Waals surface area contributed by atoms with Crippen LogP contribution in [0.2, 0.25) is 0 Å². The van der Waals surface area contributed by atoms with Crippen LogP contribution in [0.4, 0.5) is 5.69 Å². The molecule has 5 rings (SSSR count). The number of anilines is 1. The Labute approximate surface area is 245 Å². The summed E-state index contributed by atoms with van der Waals surface area (Å²) in [5.41, 5.74) is 4.59. The van der Waals surface area contributed by atoms with Crippen LogP contribution in [0.5, 0.6) is 17.2 Å². The smallest absolute Gasteiger partial charge is 0.261 e. The van der Waals surface area contributed by atoms with E-state index in [1.165, 1.54) is 0 Å². The van der Waals surface area contributed by atoms with Gasteiger partial charge < -0.3 is 24.1 Å². The second-order valence-electron chi connectivity index (χ2n) is 10.1. The third-order valence-corrected chi connectivity index (χ3v) is 6.71. The molecule has 1 aromatic heterocycles. The quantitative estimate of drug-likeness (QED) is 0.194. The van der Waals surface area contributed by atoms with Gasteiger partial charge in [-0.3, -0.25) is 9.59 Å². The molecule has 0 atom stereocenters. The standard InChI is InChI=1S/C35H34N2O5/c1-5-40-29-17-27(18-30(19-29)41-6-2)37-21-32(35(39)36-26-15-23(3)14-24(4)16-26)34(38)31-13-12-28(20-33(31)37)42-22-25-10-8-7-9-11-25/h7-21H,5-6,22H2,1-4H3,(H,36,39). The summed E-state index contributed by atoms with van der Waals surface area (Å²) in [6, 6.07) is 26.5. The largest absolute Gasteiger partial charge is 0.494 e. The number of ether oxygens (including phenoxy) is 3. The van der Waals surface area contributed by atoms with Gasteiger partial charge in [-0.05, 0) is 68.7 Å². The van der Waals surface area contributed by atoms with Gasteiger partial charge in [0, 0.05) is 41.5 Å². The summed E-state index contributed by atoms with van der Waals surface area (Å²) >= 11 is 0. The molecule has 1 heterocycles. The summed E-state index contributed by atoms with van der Waals surface area (Å²) < 4.78 is 19.5. The Balaban J connectivity index is 1.64. The second kappa shape index (κ2) is 12.6. The number of rotatable bonds is 10. The molecule has 0 unspecified atom stereocenters. The molecule has 0 fully saturated rings. The first-order valence-corrected chi connectivity index (χ1v) is 14.0. The highest BCUT2D eigenvalue weighted by Gasteiger charge is 2.19. The number of hydrogen-bond acceptors (Lipinski definition) is 5. The Morgan fingerprint density at radius 2 is 1.43 bits per heavy atom. The molecule has 5 aromatic rings. The normalized spacial score (nSPS) is 10.9. The summed E-state index contributed by atoms with van der Waals surface area (Å²) in [4.78, 5) is 27.3. The van der Waals surface area contributed by atoms with Crippen molar-refractivity contribution in [2.24, 2.45) is 0 Å². The van der Waals surface area contributed by atoms with E-state index in [9.17, 15) is 9.59 Å². The Morgan fingerprint density at radius 3 is 2.07 bits per heavy atom. The van der Waals surface area contributed by atoms with Crippen molar-refractivity contribution in [2.45, 2.75) is 34.3 Å². The number of carbonyl (C=O) groups is 1. The van der Waals surface area contributed by atoms with Gasteiger partial charge in [0.05, 0.1) is 24.4 Å². The van der Waals surface area contributed by atoms with Gasteiger partial charge in [0.1, 0.15) is 29.4 Å². The monoisotopic (exact) mass is 562 g/mol. The molecular weight excluding hydrogens is 528 g/mol. The Kier molecular flexibility index (Phi) is 8.58. The fourth-order valence-corrected chi connectivity index (χ4v) is 4.95. The number of nitrogens with one attached hydrogen (secondary N) is 1. The third kappa shape index (κ3) is 6.47. The van der Waals surface area contributed by atoms with E-state index < -0.39 is 5.91 Å². The Morgan fingerprint density at radius 1 is 0.762 bits per heavy atom. The van der Waals surface area contributed by atoms with Crippen LogP contribution in [-0.4, -0.2) is 23.7 Å². The summed E-state index contributed by atoms with van der Waals surface area (Å²) in [6.07, 6.45) is 1.57. The van der Waals surface area contributed by atoms with Gasteiger partial charge in [0.2, 0.25) is 5.43 Å². The SMILES string of the molecule is CCOc1cc(OCC)cc(-n2cc(C(=O)Nc3cc(C)cc(C)c3)c(=O)c3ccc(OCc4ccccc4)cc32)c1. The van der Waals surface area contributed by atoms with Gasteiger partial charge in [-0.2, -0.15) is 0 Å². The lowest BCUT2D eigenvalue weighted by Crippen LogP contribution is -2.24. The molecule has 0 aliphatic rings. The van der Waals surface area contributed by atoms with Crippen molar-refractivity contribution in [3.63, 3.8) is 0 Å². The van der Waals surface area contributed by atoms with E-state index in [4.69, 9.17) is 14.2 Å². The van der Waals surface area contributed by atoms with Crippen molar-refractivity contribution in [2.75, 3.05) is 18.5 Å². The minimum absolute atomic E-state index is 0.0133. The molecular formula is C35H34N2O5. The summed E-state index contributed by atoms with van der Waals surface area (Å²) in [5.74, 6) is 1.33. The van der Waals surface area contributed by atoms with E-state index in [0.29, 0.717) is 59.3 Å². The van der Waals surface area contributed by atoms with Gasteiger partial charge in [-0.1, -0.05) is 36.4 Å². The number of fused-ring (bicyclic) bond motifs is 1. The molecule has 0 aliphatic carbocycles. The van der Waals surface area contributed by atoms with Crippen LogP contribution in [0, 0.1) is 13.8 Å². The Hall–Kier alpha value is -5.04. The number of benzene rings is 4. The van der Waals surface area contributed by atoms with E-state index in [1.807, 2.05) is 105 Å². The maximum atomic E-state index is 13.7. The lowest BCUT2D eigenvalue weighted by Gasteiger charge is -2.17. The summed E-state index contributed by atoms with van der Waals surface area (Å²) in [6.45, 7) is 9.07. The highest BCUT2D eigenvalue weighted by atomic mass is 16.5. The zero-order chi connectivity index (χ0) is 29.6. The molecule has 7 heteroatoms. The number of aryl methyl sites for hydroxylation is 2. The maximum Gasteiger partial charge on any atom is 0.261 e. The number of nitrogens with zero attached hydrogens (tertiary/aromatic N) is 1. The summed E-state index contributed by atoms with van der Waals surface area (Å²) in [7, 11) is 0. The van der Waals surface area contributed by atoms with Gasteiger partial charge >= 0.3 is 0 Å². The molecule has 1 N–H and O–H groups in total. The van der Waals surface area contributed by atoms with E-state index in [0.717, 1.165) is 16.7 Å². The topological polar surface area (TPSA) is 78.8 Å². The highest BCUT2D eigenvalue weighted by molar-refractivity contribution is 6.06. The highest BCUT2D eigenvalue weighted by Crippen LogP contribution is 2.29. The van der Waals surface area contributed by atoms with E-state index in [2.05, 4.69) is 5.32 Å². The van der Waals surface area contributed by atoms with Crippen LogP contribution in [0.1, 0.15) is 40.9 Å². The van der Waals surface area contributed by atoms with Crippen molar-refractivity contribution in [3.05, 3.63) is 124 Å². The maximum absolute atomic E-state index is 13.7. The first kappa shape index (κ1) is 28.5. The number of carbonyl (C=O) groups excluding carboxylic acids is 1. The zero-order valence-corrected chi connectivity index (χ0v) is 24.3. The lowest BCUT2D eigenvalue weighted by atomic mass is 10.1. The molecule has 214 valence electrons. The first-order chi connectivity index (χ1) is 20.3. The first-order valence-electron chi connectivity index (χ1n) is 14.0. The molecule has 7 nitrogen and oxygen atoms in total. The van der Waals surface area contributed by atoms with E-state index >= 15 is 0 Å². The van der Waals surface area contributed by atoms with Crippen molar-refractivity contribution in [3.8, 4) is 22.9 Å². The summed E-state index contributed by atoms with van der Waals surface area (Å²) in [5, 5.41) is 3.30. The fraction of sp³-hybridized carbons (Fsp3) is 0.200. The average Bonchev–Trinajstić information content (AvgIpc) is 2.96. The van der Waals surface area contributed by atoms with Crippen LogP contribution >= 0.6 is 0 Å². The molecule has 42 heavy (non-hydrogen) atoms. The van der Waals surface area contributed by atoms with E-state index in [1.54, 1.807) is 18.3 Å². The van der Waals surface area contributed by atoms with Crippen molar-refractivity contribution < 1.29 is 19.0 Å². The van der Waals surface area contributed by atoms with Crippen molar-refractivity contribution >= 4 is 22.5 Å². The van der Waals surface area contributed by atoms with Gasteiger partial charge in [0.25, 0.3) is 5.91 Å². The number of aromatic nitrogens is 1. The molecule has 4 aromatic carbocycles. The molecule has 0 aliphatic heterocycles. The number of hydrogen-bond donors (Lipinski definition) is 1. The lowest BCUT2D eigenvalue weighted by molar-refractivity contribution is 0.102.